The highest BCUT2D eigenvalue weighted by atomic mass is 16.5. The lowest BCUT2D eigenvalue weighted by Crippen LogP contribution is -2.10. The Labute approximate surface area is 201 Å². The van der Waals surface area contributed by atoms with Gasteiger partial charge in [0.2, 0.25) is 0 Å². The zero-order valence-electron chi connectivity index (χ0n) is 21.2. The molecular formula is C28H46O5. The monoisotopic (exact) mass is 462 g/mol. The van der Waals surface area contributed by atoms with E-state index in [1.54, 1.807) is 7.11 Å². The largest absolute Gasteiger partial charge is 0.466 e. The smallest absolute Gasteiger partial charge is 0.305 e. The maximum Gasteiger partial charge on any atom is 0.305 e. The number of benzene rings is 1. The normalized spacial score (nSPS) is 12.0. The lowest BCUT2D eigenvalue weighted by Gasteiger charge is -2.17. The van der Waals surface area contributed by atoms with Crippen LogP contribution in [0.2, 0.25) is 0 Å². The molecule has 1 aromatic rings. The van der Waals surface area contributed by atoms with Gasteiger partial charge >= 0.3 is 11.9 Å². The molecular weight excluding hydrogens is 416 g/mol. The molecule has 0 aliphatic heterocycles. The van der Waals surface area contributed by atoms with Crippen LogP contribution in [0.4, 0.5) is 0 Å². The summed E-state index contributed by atoms with van der Waals surface area (Å²) in [6, 6.07) is 10.3. The zero-order valence-corrected chi connectivity index (χ0v) is 21.2. The predicted molar refractivity (Wildman–Crippen MR) is 133 cm³/mol. The SMILES string of the molecule is COCCC(CCOC(=O)CCCCCCCCC(=O)OCCCC(C)C)c1ccccc1. The van der Waals surface area contributed by atoms with Crippen molar-refractivity contribution >= 4 is 11.9 Å². The van der Waals surface area contributed by atoms with Gasteiger partial charge in [-0.05, 0) is 55.9 Å². The highest BCUT2D eigenvalue weighted by Crippen LogP contribution is 2.23. The molecule has 1 atom stereocenters. The van der Waals surface area contributed by atoms with Crippen LogP contribution in [0.15, 0.2) is 30.3 Å². The first kappa shape index (κ1) is 29.2. The second-order valence-corrected chi connectivity index (χ2v) is 9.28. The molecule has 0 fully saturated rings. The van der Waals surface area contributed by atoms with Crippen molar-refractivity contribution < 1.29 is 23.8 Å². The van der Waals surface area contributed by atoms with Crippen molar-refractivity contribution in [3.8, 4) is 0 Å². The second-order valence-electron chi connectivity index (χ2n) is 9.28. The Morgan fingerprint density at radius 1 is 0.697 bits per heavy atom. The summed E-state index contributed by atoms with van der Waals surface area (Å²) in [6.07, 6.45) is 10.8. The third kappa shape index (κ3) is 16.4. The third-order valence-electron chi connectivity index (χ3n) is 5.87. The second kappa shape index (κ2) is 19.6. The predicted octanol–water partition coefficient (Wildman–Crippen LogP) is 6.84. The number of hydrogen-bond acceptors (Lipinski definition) is 5. The first-order chi connectivity index (χ1) is 16.0. The van der Waals surface area contributed by atoms with Crippen LogP contribution in [0, 0.1) is 5.92 Å². The molecule has 33 heavy (non-hydrogen) atoms. The first-order valence-electron chi connectivity index (χ1n) is 12.9. The number of ether oxygens (including phenoxy) is 3. The molecule has 5 nitrogen and oxygen atoms in total. The van der Waals surface area contributed by atoms with Gasteiger partial charge in [0.15, 0.2) is 0 Å². The van der Waals surface area contributed by atoms with Crippen molar-refractivity contribution in [3.05, 3.63) is 35.9 Å². The Morgan fingerprint density at radius 2 is 1.24 bits per heavy atom. The van der Waals surface area contributed by atoms with E-state index < -0.39 is 0 Å². The van der Waals surface area contributed by atoms with E-state index >= 15 is 0 Å². The van der Waals surface area contributed by atoms with E-state index in [0.29, 0.717) is 44.5 Å². The van der Waals surface area contributed by atoms with Crippen molar-refractivity contribution in [2.24, 2.45) is 5.92 Å². The number of rotatable bonds is 20. The van der Waals surface area contributed by atoms with Gasteiger partial charge in [-0.3, -0.25) is 9.59 Å². The third-order valence-corrected chi connectivity index (χ3v) is 5.87. The fourth-order valence-corrected chi connectivity index (χ4v) is 3.85. The molecule has 1 unspecified atom stereocenters. The van der Waals surface area contributed by atoms with Crippen LogP contribution in [0.25, 0.3) is 0 Å². The topological polar surface area (TPSA) is 61.8 Å². The lowest BCUT2D eigenvalue weighted by molar-refractivity contribution is -0.145. The highest BCUT2D eigenvalue weighted by Gasteiger charge is 2.12. The molecule has 0 saturated heterocycles. The minimum absolute atomic E-state index is 0.0711. The Bertz CT molecular complexity index is 614. The number of methoxy groups -OCH3 is 1. The average molecular weight is 463 g/mol. The van der Waals surface area contributed by atoms with Crippen LogP contribution in [0.3, 0.4) is 0 Å². The molecule has 5 heteroatoms. The van der Waals surface area contributed by atoms with Gasteiger partial charge in [0.25, 0.3) is 0 Å². The molecule has 0 aliphatic rings. The molecule has 0 amide bonds. The molecule has 188 valence electrons. The molecule has 0 spiro atoms. The fourth-order valence-electron chi connectivity index (χ4n) is 3.85. The van der Waals surface area contributed by atoms with Crippen LogP contribution >= 0.6 is 0 Å². The van der Waals surface area contributed by atoms with Crippen LogP contribution in [0.5, 0.6) is 0 Å². The van der Waals surface area contributed by atoms with Crippen LogP contribution in [0.1, 0.15) is 102 Å². The van der Waals surface area contributed by atoms with Gasteiger partial charge in [0.05, 0.1) is 13.2 Å². The fraction of sp³-hybridized carbons (Fsp3) is 0.714. The summed E-state index contributed by atoms with van der Waals surface area (Å²) in [6.45, 7) is 6.06. The Balaban J connectivity index is 2.00. The van der Waals surface area contributed by atoms with Gasteiger partial charge < -0.3 is 14.2 Å². The highest BCUT2D eigenvalue weighted by molar-refractivity contribution is 5.69. The Kier molecular flexibility index (Phi) is 17.3. The van der Waals surface area contributed by atoms with Gasteiger partial charge in [-0.25, -0.2) is 0 Å². The van der Waals surface area contributed by atoms with Gasteiger partial charge in [-0.2, -0.15) is 0 Å². The van der Waals surface area contributed by atoms with E-state index in [1.807, 2.05) is 18.2 Å². The maximum absolute atomic E-state index is 12.0. The number of hydrogen-bond donors (Lipinski definition) is 0. The molecule has 0 bridgehead atoms. The van der Waals surface area contributed by atoms with E-state index in [-0.39, 0.29) is 11.9 Å². The van der Waals surface area contributed by atoms with Crippen molar-refractivity contribution in [1.82, 2.24) is 0 Å². The van der Waals surface area contributed by atoms with Gasteiger partial charge in [-0.15, -0.1) is 0 Å². The molecule has 0 aromatic heterocycles. The van der Waals surface area contributed by atoms with Crippen molar-refractivity contribution in [3.63, 3.8) is 0 Å². The minimum atomic E-state index is -0.103. The summed E-state index contributed by atoms with van der Waals surface area (Å²) < 4.78 is 16.0. The number of carbonyl (C=O) groups excluding carboxylic acids is 2. The summed E-state index contributed by atoms with van der Waals surface area (Å²) in [5.74, 6) is 0.826. The zero-order chi connectivity index (χ0) is 24.2. The maximum atomic E-state index is 12.0. The Hall–Kier alpha value is -1.88. The molecule has 1 rings (SSSR count). The molecule has 0 aliphatic carbocycles. The van der Waals surface area contributed by atoms with Gasteiger partial charge in [0, 0.05) is 26.6 Å². The van der Waals surface area contributed by atoms with E-state index in [1.165, 1.54) is 5.56 Å². The quantitative estimate of drug-likeness (QED) is 0.157. The van der Waals surface area contributed by atoms with E-state index in [9.17, 15) is 9.59 Å². The summed E-state index contributed by atoms with van der Waals surface area (Å²) in [5.41, 5.74) is 1.27. The van der Waals surface area contributed by atoms with Crippen molar-refractivity contribution in [2.45, 2.75) is 96.8 Å². The number of unbranched alkanes of at least 4 members (excludes halogenated alkanes) is 5. The molecule has 0 N–H and O–H groups in total. The molecule has 0 saturated carbocycles. The van der Waals surface area contributed by atoms with Crippen LogP contribution < -0.4 is 0 Å². The summed E-state index contributed by atoms with van der Waals surface area (Å²) in [7, 11) is 1.71. The van der Waals surface area contributed by atoms with Gasteiger partial charge in [-0.1, -0.05) is 69.9 Å². The first-order valence-corrected chi connectivity index (χ1v) is 12.9. The number of carbonyl (C=O) groups is 2. The van der Waals surface area contributed by atoms with E-state index in [2.05, 4.69) is 26.0 Å². The summed E-state index contributed by atoms with van der Waals surface area (Å²) >= 11 is 0. The van der Waals surface area contributed by atoms with Crippen LogP contribution in [-0.2, 0) is 23.8 Å². The Morgan fingerprint density at radius 3 is 1.82 bits per heavy atom. The molecule has 1 aromatic carbocycles. The number of esters is 2. The van der Waals surface area contributed by atoms with Crippen molar-refractivity contribution in [2.75, 3.05) is 26.9 Å². The van der Waals surface area contributed by atoms with E-state index in [4.69, 9.17) is 14.2 Å². The molecule has 0 radical (unpaired) electrons. The minimum Gasteiger partial charge on any atom is -0.466 e. The van der Waals surface area contributed by atoms with Gasteiger partial charge in [0.1, 0.15) is 0 Å². The average Bonchev–Trinajstić information content (AvgIpc) is 2.81. The van der Waals surface area contributed by atoms with Crippen molar-refractivity contribution in [1.29, 1.82) is 0 Å². The van der Waals surface area contributed by atoms with E-state index in [0.717, 1.165) is 64.2 Å². The standard InChI is InChI=1S/C28H46O5/c1-24(2)14-13-21-32-27(29)17-11-6-4-5-7-12-18-28(30)33-23-20-26(19-22-31-3)25-15-9-8-10-16-25/h8-10,15-16,24,26H,4-7,11-14,17-23H2,1-3H3. The summed E-state index contributed by atoms with van der Waals surface area (Å²) in [5, 5.41) is 0. The van der Waals surface area contributed by atoms with Crippen LogP contribution in [-0.4, -0.2) is 38.9 Å². The molecule has 0 heterocycles. The lowest BCUT2D eigenvalue weighted by atomic mass is 9.93. The summed E-state index contributed by atoms with van der Waals surface area (Å²) in [4.78, 5) is 23.7.